The summed E-state index contributed by atoms with van der Waals surface area (Å²) in [4.78, 5) is 5.72. The highest BCUT2D eigenvalue weighted by Gasteiger charge is 2.13. The molecule has 2 aromatic heterocycles. The molecule has 0 saturated carbocycles. The zero-order valence-electron chi connectivity index (χ0n) is 10.4. The first-order chi connectivity index (χ1) is 9.69. The number of nitrogens with zero attached hydrogens (tertiary/aromatic N) is 2. The van der Waals surface area contributed by atoms with E-state index in [2.05, 4.69) is 36.9 Å². The molecule has 20 heavy (non-hydrogen) atoms. The molecule has 0 N–H and O–H groups in total. The third-order valence-electron chi connectivity index (χ3n) is 3.15. The lowest BCUT2D eigenvalue weighted by molar-refractivity contribution is 0.622. The lowest BCUT2D eigenvalue weighted by Crippen LogP contribution is -2.04. The predicted octanol–water partition coefficient (Wildman–Crippen LogP) is 4.98. The lowest BCUT2D eigenvalue weighted by Gasteiger charge is -2.07. The van der Waals surface area contributed by atoms with Crippen molar-refractivity contribution in [2.24, 2.45) is 0 Å². The molecule has 0 bridgehead atoms. The minimum absolute atomic E-state index is 0.304. The Hall–Kier alpha value is -0.910. The smallest absolute Gasteiger partial charge is 0.139 e. The lowest BCUT2D eigenvalue weighted by atomic mass is 10.3. The molecule has 3 rings (SSSR count). The molecule has 0 saturated heterocycles. The molecule has 104 valence electrons. The number of thiophene rings is 1. The summed E-state index contributed by atoms with van der Waals surface area (Å²) in [6, 6.07) is 7.36. The van der Waals surface area contributed by atoms with E-state index in [-0.39, 0.29) is 5.82 Å². The van der Waals surface area contributed by atoms with Gasteiger partial charge in [-0.2, -0.15) is 0 Å². The van der Waals surface area contributed by atoms with E-state index in [1.165, 1.54) is 10.9 Å². The van der Waals surface area contributed by atoms with Crippen molar-refractivity contribution < 1.29 is 4.39 Å². The summed E-state index contributed by atoms with van der Waals surface area (Å²) in [5.41, 5.74) is 1.55. The average molecular weight is 374 g/mol. The highest BCUT2D eigenvalue weighted by molar-refractivity contribution is 9.10. The molecule has 0 spiro atoms. The third kappa shape index (κ3) is 2.62. The van der Waals surface area contributed by atoms with Gasteiger partial charge in [-0.3, -0.25) is 0 Å². The van der Waals surface area contributed by atoms with Crippen molar-refractivity contribution in [1.82, 2.24) is 9.55 Å². The van der Waals surface area contributed by atoms with E-state index >= 15 is 0 Å². The van der Waals surface area contributed by atoms with Crippen LogP contribution in [0.15, 0.2) is 34.1 Å². The molecule has 0 aliphatic heterocycles. The molecular weight excluding hydrogens is 363 g/mol. The molecule has 0 atom stereocenters. The summed E-state index contributed by atoms with van der Waals surface area (Å²) in [5.74, 6) is 0.787. The number of fused-ring (bicyclic) bond motifs is 1. The minimum atomic E-state index is -0.304. The molecule has 0 fully saturated rings. The Morgan fingerprint density at radius 2 is 2.25 bits per heavy atom. The quantitative estimate of drug-likeness (QED) is 0.590. The van der Waals surface area contributed by atoms with E-state index in [1.54, 1.807) is 17.4 Å². The van der Waals surface area contributed by atoms with Gasteiger partial charge in [0.2, 0.25) is 0 Å². The third-order valence-corrected chi connectivity index (χ3v) is 4.93. The molecule has 3 aromatic rings. The number of rotatable bonds is 4. The summed E-state index contributed by atoms with van der Waals surface area (Å²) in [6.07, 6.45) is 0.919. The molecule has 0 radical (unpaired) electrons. The van der Waals surface area contributed by atoms with Crippen LogP contribution in [0.3, 0.4) is 0 Å². The Balaban J connectivity index is 2.01. The second-order valence-corrected chi connectivity index (χ2v) is 6.55. The van der Waals surface area contributed by atoms with Gasteiger partial charge in [-0.25, -0.2) is 9.37 Å². The zero-order valence-corrected chi connectivity index (χ0v) is 13.6. The van der Waals surface area contributed by atoms with E-state index in [1.807, 2.05) is 6.07 Å². The number of aryl methyl sites for hydroxylation is 2. The summed E-state index contributed by atoms with van der Waals surface area (Å²) in [5, 5.41) is 2.07. The number of halogens is 3. The number of benzene rings is 1. The Labute approximate surface area is 133 Å². The van der Waals surface area contributed by atoms with Crippen molar-refractivity contribution in [1.29, 1.82) is 0 Å². The van der Waals surface area contributed by atoms with E-state index in [0.29, 0.717) is 15.9 Å². The molecule has 0 unspecified atom stereocenters. The molecule has 2 heterocycles. The molecule has 0 aliphatic rings. The highest BCUT2D eigenvalue weighted by atomic mass is 79.9. The fraction of sp³-hybridized carbons (Fsp3) is 0.214. The van der Waals surface area contributed by atoms with Crippen LogP contribution in [0.4, 0.5) is 4.39 Å². The normalized spacial score (nSPS) is 11.3. The van der Waals surface area contributed by atoms with Gasteiger partial charge in [-0.05, 0) is 39.9 Å². The van der Waals surface area contributed by atoms with Gasteiger partial charge in [0.25, 0.3) is 0 Å². The van der Waals surface area contributed by atoms with Crippen molar-refractivity contribution in [3.63, 3.8) is 0 Å². The van der Waals surface area contributed by atoms with Gasteiger partial charge in [0.15, 0.2) is 0 Å². The molecule has 6 heteroatoms. The molecule has 2 nitrogen and oxygen atoms in total. The van der Waals surface area contributed by atoms with Crippen LogP contribution in [0.25, 0.3) is 11.0 Å². The van der Waals surface area contributed by atoms with Gasteiger partial charge in [0.05, 0.1) is 21.4 Å². The first-order valence-electron chi connectivity index (χ1n) is 6.11. The monoisotopic (exact) mass is 372 g/mol. The van der Waals surface area contributed by atoms with Gasteiger partial charge < -0.3 is 4.57 Å². The number of alkyl halides is 1. The Morgan fingerprint density at radius 3 is 2.95 bits per heavy atom. The van der Waals surface area contributed by atoms with Crippen molar-refractivity contribution in [3.05, 3.63) is 50.6 Å². The van der Waals surface area contributed by atoms with Crippen LogP contribution < -0.4 is 0 Å². The predicted molar refractivity (Wildman–Crippen MR) is 85.0 cm³/mol. The second kappa shape index (κ2) is 5.84. The van der Waals surface area contributed by atoms with Crippen LogP contribution in [-0.2, 0) is 18.8 Å². The second-order valence-electron chi connectivity index (χ2n) is 4.40. The summed E-state index contributed by atoms with van der Waals surface area (Å²) >= 11 is 10.9. The number of aromatic nitrogens is 2. The van der Waals surface area contributed by atoms with Crippen LogP contribution in [0.1, 0.15) is 10.7 Å². The van der Waals surface area contributed by atoms with Crippen molar-refractivity contribution >= 4 is 49.9 Å². The van der Waals surface area contributed by atoms with Crippen molar-refractivity contribution in [2.75, 3.05) is 0 Å². The van der Waals surface area contributed by atoms with Gasteiger partial charge in [0.1, 0.15) is 11.6 Å². The SMILES string of the molecule is Fc1cc2nc(CCl)n(CCc3cccs3)c2cc1Br. The van der Waals surface area contributed by atoms with Crippen molar-refractivity contribution in [3.8, 4) is 0 Å². The van der Waals surface area contributed by atoms with Crippen LogP contribution in [0.2, 0.25) is 0 Å². The van der Waals surface area contributed by atoms with Crippen LogP contribution in [0, 0.1) is 5.82 Å². The summed E-state index contributed by atoms with van der Waals surface area (Å²) in [7, 11) is 0. The Morgan fingerprint density at radius 1 is 1.40 bits per heavy atom. The maximum atomic E-state index is 13.6. The van der Waals surface area contributed by atoms with Crippen LogP contribution in [0.5, 0.6) is 0 Å². The Bertz CT molecular complexity index is 739. The average Bonchev–Trinajstić information content (AvgIpc) is 3.05. The van der Waals surface area contributed by atoms with Crippen LogP contribution in [-0.4, -0.2) is 9.55 Å². The van der Waals surface area contributed by atoms with E-state index in [0.717, 1.165) is 24.3 Å². The number of hydrogen-bond acceptors (Lipinski definition) is 2. The van der Waals surface area contributed by atoms with Gasteiger partial charge >= 0.3 is 0 Å². The molecule has 0 aliphatic carbocycles. The zero-order chi connectivity index (χ0) is 14.1. The minimum Gasteiger partial charge on any atom is -0.327 e. The summed E-state index contributed by atoms with van der Waals surface area (Å²) in [6.45, 7) is 0.789. The maximum Gasteiger partial charge on any atom is 0.139 e. The van der Waals surface area contributed by atoms with Gasteiger partial charge in [-0.1, -0.05) is 6.07 Å². The summed E-state index contributed by atoms with van der Waals surface area (Å²) < 4.78 is 16.1. The largest absolute Gasteiger partial charge is 0.327 e. The van der Waals surface area contributed by atoms with Gasteiger partial charge in [0, 0.05) is 17.5 Å². The van der Waals surface area contributed by atoms with E-state index in [4.69, 9.17) is 11.6 Å². The van der Waals surface area contributed by atoms with E-state index < -0.39 is 0 Å². The Kier molecular flexibility index (Phi) is 4.10. The fourth-order valence-corrected chi connectivity index (χ4v) is 3.43. The van der Waals surface area contributed by atoms with E-state index in [9.17, 15) is 4.39 Å². The number of imidazole rings is 1. The highest BCUT2D eigenvalue weighted by Crippen LogP contribution is 2.25. The molecule has 0 amide bonds. The van der Waals surface area contributed by atoms with Crippen molar-refractivity contribution in [2.45, 2.75) is 18.8 Å². The molecular formula is C14H11BrClFN2S. The molecule has 1 aromatic carbocycles. The van der Waals surface area contributed by atoms with Gasteiger partial charge in [-0.15, -0.1) is 22.9 Å². The number of hydrogen-bond donors (Lipinski definition) is 0. The first-order valence-corrected chi connectivity index (χ1v) is 8.32. The maximum absolute atomic E-state index is 13.6. The standard InChI is InChI=1S/C14H11BrClFN2S/c15-10-6-13-12(7-11(10)17)18-14(8-16)19(13)4-3-9-2-1-5-20-9/h1-2,5-7H,3-4,8H2. The fourth-order valence-electron chi connectivity index (χ4n) is 2.20. The van der Waals surface area contributed by atoms with Crippen LogP contribution >= 0.6 is 38.9 Å². The topological polar surface area (TPSA) is 17.8 Å². The first kappa shape index (κ1) is 14.0.